The van der Waals surface area contributed by atoms with Crippen molar-refractivity contribution in [1.82, 2.24) is 10.0 Å². The zero-order valence-electron chi connectivity index (χ0n) is 19.1. The summed E-state index contributed by atoms with van der Waals surface area (Å²) in [5.41, 5.74) is 2.51. The van der Waals surface area contributed by atoms with Gasteiger partial charge in [-0.15, -0.1) is 0 Å². The van der Waals surface area contributed by atoms with Gasteiger partial charge in [0.15, 0.2) is 0 Å². The van der Waals surface area contributed by atoms with Gasteiger partial charge in [0.25, 0.3) is 0 Å². The molecule has 0 bridgehead atoms. The van der Waals surface area contributed by atoms with Crippen LogP contribution < -0.4 is 14.8 Å². The van der Waals surface area contributed by atoms with Crippen LogP contribution in [0, 0.1) is 6.92 Å². The second-order valence-corrected chi connectivity index (χ2v) is 9.58. The first kappa shape index (κ1) is 24.5. The molecular formula is C26H30N2O4S. The highest BCUT2D eigenvalue weighted by molar-refractivity contribution is 7.89. The summed E-state index contributed by atoms with van der Waals surface area (Å²) in [7, 11) is -3.95. The van der Waals surface area contributed by atoms with Crippen molar-refractivity contribution >= 4 is 15.9 Å². The monoisotopic (exact) mass is 466 g/mol. The second-order valence-electron chi connectivity index (χ2n) is 7.86. The van der Waals surface area contributed by atoms with Crippen LogP contribution in [-0.2, 0) is 21.2 Å². The number of rotatable bonds is 10. The average molecular weight is 467 g/mol. The number of nitrogens with one attached hydrogen (secondary N) is 2. The third-order valence-electron chi connectivity index (χ3n) is 5.31. The first-order valence-electron chi connectivity index (χ1n) is 10.9. The Bertz CT molecular complexity index is 1170. The fourth-order valence-corrected chi connectivity index (χ4v) is 4.82. The molecule has 0 saturated heterocycles. The molecule has 33 heavy (non-hydrogen) atoms. The lowest BCUT2D eigenvalue weighted by atomic mass is 10.0. The standard InChI is InChI=1S/C26H30N2O4S/c1-4-32-25-16-15-23(17-19(25)2)33(30,31)28-24(18-21-11-7-5-8-12-21)26(29)27-20(3)22-13-9-6-10-14-22/h5-17,20,24,28H,4,18H2,1-3H3,(H,27,29)/t20-,24-/m0/s1. The summed E-state index contributed by atoms with van der Waals surface area (Å²) < 4.78 is 34.5. The number of hydrogen-bond donors (Lipinski definition) is 2. The van der Waals surface area contributed by atoms with Crippen LogP contribution in [0.25, 0.3) is 0 Å². The lowest BCUT2D eigenvalue weighted by molar-refractivity contribution is -0.123. The second kappa shape index (κ2) is 11.1. The Morgan fingerprint density at radius 1 is 0.970 bits per heavy atom. The molecule has 7 heteroatoms. The maximum Gasteiger partial charge on any atom is 0.241 e. The van der Waals surface area contributed by atoms with Crippen molar-refractivity contribution in [2.75, 3.05) is 6.61 Å². The van der Waals surface area contributed by atoms with Crippen LogP contribution in [0.3, 0.4) is 0 Å². The molecule has 3 rings (SSSR count). The molecule has 0 aliphatic heterocycles. The maximum atomic E-state index is 13.2. The number of ether oxygens (including phenoxy) is 1. The van der Waals surface area contributed by atoms with Crippen molar-refractivity contribution in [2.45, 2.75) is 44.2 Å². The molecule has 0 saturated carbocycles. The highest BCUT2D eigenvalue weighted by Crippen LogP contribution is 2.22. The van der Waals surface area contributed by atoms with Crippen molar-refractivity contribution in [1.29, 1.82) is 0 Å². The number of carbonyl (C=O) groups is 1. The molecule has 0 aliphatic carbocycles. The molecule has 0 fully saturated rings. The molecule has 174 valence electrons. The van der Waals surface area contributed by atoms with Gasteiger partial charge in [-0.2, -0.15) is 4.72 Å². The normalized spacial score (nSPS) is 13.2. The SMILES string of the molecule is CCOc1ccc(S(=O)(=O)N[C@@H](Cc2ccccc2)C(=O)N[C@@H](C)c2ccccc2)cc1C. The van der Waals surface area contributed by atoms with Gasteiger partial charge in [0.05, 0.1) is 17.5 Å². The summed E-state index contributed by atoms with van der Waals surface area (Å²) >= 11 is 0. The molecule has 1 amide bonds. The minimum absolute atomic E-state index is 0.0884. The van der Waals surface area contributed by atoms with Crippen LogP contribution in [0.5, 0.6) is 5.75 Å². The molecule has 6 nitrogen and oxygen atoms in total. The summed E-state index contributed by atoms with van der Waals surface area (Å²) in [5.74, 6) is 0.244. The minimum Gasteiger partial charge on any atom is -0.494 e. The van der Waals surface area contributed by atoms with E-state index in [4.69, 9.17) is 4.74 Å². The predicted octanol–water partition coefficient (Wildman–Crippen LogP) is 4.16. The van der Waals surface area contributed by atoms with E-state index < -0.39 is 16.1 Å². The summed E-state index contributed by atoms with van der Waals surface area (Å²) in [4.78, 5) is 13.3. The molecule has 0 radical (unpaired) electrons. The molecule has 0 aliphatic rings. The maximum absolute atomic E-state index is 13.2. The fraction of sp³-hybridized carbons (Fsp3) is 0.269. The highest BCUT2D eigenvalue weighted by atomic mass is 32.2. The van der Waals surface area contributed by atoms with E-state index in [1.165, 1.54) is 6.07 Å². The van der Waals surface area contributed by atoms with E-state index >= 15 is 0 Å². The first-order chi connectivity index (χ1) is 15.8. The van der Waals surface area contributed by atoms with Gasteiger partial charge in [0.2, 0.25) is 15.9 Å². The van der Waals surface area contributed by atoms with E-state index in [0.29, 0.717) is 17.9 Å². The van der Waals surface area contributed by atoms with Crippen molar-refractivity contribution in [3.05, 3.63) is 95.6 Å². The lowest BCUT2D eigenvalue weighted by Gasteiger charge is -2.22. The van der Waals surface area contributed by atoms with Crippen LogP contribution in [-0.4, -0.2) is 27.0 Å². The Morgan fingerprint density at radius 2 is 1.61 bits per heavy atom. The molecule has 2 atom stereocenters. The van der Waals surface area contributed by atoms with Crippen LogP contribution in [0.1, 0.15) is 36.6 Å². The van der Waals surface area contributed by atoms with Gasteiger partial charge in [-0.05, 0) is 62.1 Å². The van der Waals surface area contributed by atoms with Gasteiger partial charge < -0.3 is 10.1 Å². The van der Waals surface area contributed by atoms with Crippen molar-refractivity contribution in [2.24, 2.45) is 0 Å². The topological polar surface area (TPSA) is 84.5 Å². The highest BCUT2D eigenvalue weighted by Gasteiger charge is 2.27. The van der Waals surface area contributed by atoms with Gasteiger partial charge >= 0.3 is 0 Å². The number of carbonyl (C=O) groups excluding carboxylic acids is 1. The lowest BCUT2D eigenvalue weighted by Crippen LogP contribution is -2.48. The number of sulfonamides is 1. The van der Waals surface area contributed by atoms with E-state index in [2.05, 4.69) is 10.0 Å². The molecule has 0 heterocycles. The van der Waals surface area contributed by atoms with Crippen LogP contribution in [0.2, 0.25) is 0 Å². The molecule has 0 spiro atoms. The Labute approximate surface area is 196 Å². The quantitative estimate of drug-likeness (QED) is 0.470. The predicted molar refractivity (Wildman–Crippen MR) is 130 cm³/mol. The Balaban J connectivity index is 1.84. The smallest absolute Gasteiger partial charge is 0.241 e. The van der Waals surface area contributed by atoms with Gasteiger partial charge in [0.1, 0.15) is 11.8 Å². The number of benzene rings is 3. The van der Waals surface area contributed by atoms with E-state index in [9.17, 15) is 13.2 Å². The zero-order valence-corrected chi connectivity index (χ0v) is 19.9. The largest absolute Gasteiger partial charge is 0.494 e. The number of aryl methyl sites for hydroxylation is 1. The molecular weight excluding hydrogens is 436 g/mol. The summed E-state index contributed by atoms with van der Waals surface area (Å²) in [5, 5.41) is 2.94. The van der Waals surface area contributed by atoms with Crippen LogP contribution in [0.4, 0.5) is 0 Å². The van der Waals surface area contributed by atoms with E-state index in [0.717, 1.165) is 11.1 Å². The molecule has 3 aromatic carbocycles. The summed E-state index contributed by atoms with van der Waals surface area (Å²) in [6.07, 6.45) is 0.226. The van der Waals surface area contributed by atoms with Gasteiger partial charge in [-0.3, -0.25) is 4.79 Å². The van der Waals surface area contributed by atoms with Crippen LogP contribution >= 0.6 is 0 Å². The minimum atomic E-state index is -3.95. The van der Waals surface area contributed by atoms with Gasteiger partial charge in [-0.1, -0.05) is 60.7 Å². The molecule has 3 aromatic rings. The summed E-state index contributed by atoms with van der Waals surface area (Å²) in [6.45, 7) is 6.02. The van der Waals surface area contributed by atoms with E-state index in [1.54, 1.807) is 19.1 Å². The van der Waals surface area contributed by atoms with Crippen LogP contribution in [0.15, 0.2) is 83.8 Å². The summed E-state index contributed by atoms with van der Waals surface area (Å²) in [6, 6.07) is 22.3. The van der Waals surface area contributed by atoms with Crippen molar-refractivity contribution in [3.8, 4) is 5.75 Å². The number of hydrogen-bond acceptors (Lipinski definition) is 4. The first-order valence-corrected chi connectivity index (χ1v) is 12.4. The average Bonchev–Trinajstić information content (AvgIpc) is 2.81. The third-order valence-corrected chi connectivity index (χ3v) is 6.78. The van der Waals surface area contributed by atoms with Crippen molar-refractivity contribution in [3.63, 3.8) is 0 Å². The Morgan fingerprint density at radius 3 is 2.21 bits per heavy atom. The van der Waals surface area contributed by atoms with Gasteiger partial charge in [0, 0.05) is 0 Å². The zero-order chi connectivity index (χ0) is 23.8. The molecule has 2 N–H and O–H groups in total. The van der Waals surface area contributed by atoms with E-state index in [1.807, 2.05) is 74.5 Å². The number of amides is 1. The van der Waals surface area contributed by atoms with E-state index in [-0.39, 0.29) is 23.3 Å². The molecule has 0 unspecified atom stereocenters. The molecule has 0 aromatic heterocycles. The Hall–Kier alpha value is -3.16. The van der Waals surface area contributed by atoms with Crippen molar-refractivity contribution < 1.29 is 17.9 Å². The fourth-order valence-electron chi connectivity index (χ4n) is 3.54. The third kappa shape index (κ3) is 6.66. The van der Waals surface area contributed by atoms with Gasteiger partial charge in [-0.25, -0.2) is 8.42 Å². The Kier molecular flexibility index (Phi) is 8.25.